The predicted molar refractivity (Wildman–Crippen MR) is 108 cm³/mol. The maximum atomic E-state index is 6.13. The molecule has 2 aliphatic rings. The normalized spacial score (nSPS) is 22.4. The van der Waals surface area contributed by atoms with Crippen molar-refractivity contribution in [1.82, 2.24) is 30.0 Å². The summed E-state index contributed by atoms with van der Waals surface area (Å²) in [6, 6.07) is 8.03. The van der Waals surface area contributed by atoms with Gasteiger partial charge in [0.2, 0.25) is 0 Å². The van der Waals surface area contributed by atoms with Gasteiger partial charge in [-0.15, -0.1) is 11.7 Å². The first-order chi connectivity index (χ1) is 13.7. The van der Waals surface area contributed by atoms with Crippen LogP contribution in [0.5, 0.6) is 0 Å². The molecule has 0 amide bonds. The third-order valence-corrected chi connectivity index (χ3v) is 5.80. The van der Waals surface area contributed by atoms with Crippen LogP contribution in [-0.4, -0.2) is 75.4 Å². The standard InChI is InChI=1S/C20H27ClN6O/c1-2-9-25-10-12-26(13-11-25)19(16-5-7-17(21)8-6-16)20-22-23-24-27(20)15-18-4-3-14-28-18/h2,5-8,18-19H,1,3-4,9-15H2. The molecule has 7 nitrogen and oxygen atoms in total. The molecule has 0 bridgehead atoms. The van der Waals surface area contributed by atoms with Crippen LogP contribution in [0.15, 0.2) is 36.9 Å². The van der Waals surface area contributed by atoms with Crippen molar-refractivity contribution < 1.29 is 4.74 Å². The van der Waals surface area contributed by atoms with Crippen molar-refractivity contribution >= 4 is 11.6 Å². The molecular formula is C20H27ClN6O. The molecule has 150 valence electrons. The van der Waals surface area contributed by atoms with Crippen molar-refractivity contribution in [3.05, 3.63) is 53.3 Å². The van der Waals surface area contributed by atoms with Gasteiger partial charge in [0.1, 0.15) is 0 Å². The second kappa shape index (κ2) is 9.13. The van der Waals surface area contributed by atoms with E-state index in [1.807, 2.05) is 22.9 Å². The summed E-state index contributed by atoms with van der Waals surface area (Å²) in [4.78, 5) is 4.87. The minimum Gasteiger partial charge on any atom is -0.376 e. The second-order valence-electron chi connectivity index (χ2n) is 7.43. The Bertz CT molecular complexity index is 765. The van der Waals surface area contributed by atoms with Crippen LogP contribution in [0.2, 0.25) is 5.02 Å². The minimum absolute atomic E-state index is 0.000416. The van der Waals surface area contributed by atoms with E-state index in [0.717, 1.165) is 68.6 Å². The first-order valence-corrected chi connectivity index (χ1v) is 10.3. The number of nitrogens with zero attached hydrogens (tertiary/aromatic N) is 6. The lowest BCUT2D eigenvalue weighted by Crippen LogP contribution is -2.48. The Morgan fingerprint density at radius 3 is 2.68 bits per heavy atom. The summed E-state index contributed by atoms with van der Waals surface area (Å²) < 4.78 is 7.73. The quantitative estimate of drug-likeness (QED) is 0.663. The molecule has 0 saturated carbocycles. The van der Waals surface area contributed by atoms with Crippen LogP contribution in [0, 0.1) is 0 Å². The Kier molecular flexibility index (Phi) is 6.36. The van der Waals surface area contributed by atoms with Gasteiger partial charge in [0.25, 0.3) is 0 Å². The van der Waals surface area contributed by atoms with Gasteiger partial charge in [0.15, 0.2) is 5.82 Å². The molecule has 0 radical (unpaired) electrons. The lowest BCUT2D eigenvalue weighted by molar-refractivity contribution is 0.0868. The van der Waals surface area contributed by atoms with Gasteiger partial charge in [-0.2, -0.15) is 0 Å². The minimum atomic E-state index is -0.000416. The Balaban J connectivity index is 1.60. The zero-order valence-corrected chi connectivity index (χ0v) is 16.8. The number of hydrogen-bond donors (Lipinski definition) is 0. The number of hydrogen-bond acceptors (Lipinski definition) is 6. The lowest BCUT2D eigenvalue weighted by Gasteiger charge is -2.38. The van der Waals surface area contributed by atoms with Crippen LogP contribution in [0.4, 0.5) is 0 Å². The number of tetrazole rings is 1. The number of halogens is 1. The summed E-state index contributed by atoms with van der Waals surface area (Å²) in [5.74, 6) is 0.870. The first kappa shape index (κ1) is 19.5. The highest BCUT2D eigenvalue weighted by molar-refractivity contribution is 6.30. The van der Waals surface area contributed by atoms with Crippen molar-refractivity contribution in [3.8, 4) is 0 Å². The number of piperazine rings is 1. The fourth-order valence-corrected chi connectivity index (χ4v) is 4.20. The van der Waals surface area contributed by atoms with Crippen LogP contribution < -0.4 is 0 Å². The third kappa shape index (κ3) is 4.43. The highest BCUT2D eigenvalue weighted by Crippen LogP contribution is 2.29. The Morgan fingerprint density at radius 1 is 1.21 bits per heavy atom. The zero-order valence-electron chi connectivity index (χ0n) is 16.1. The Hall–Kier alpha value is -1.80. The predicted octanol–water partition coefficient (Wildman–Crippen LogP) is 2.40. The molecule has 0 N–H and O–H groups in total. The molecule has 4 rings (SSSR count). The largest absolute Gasteiger partial charge is 0.376 e. The number of benzene rings is 1. The average Bonchev–Trinajstić information content (AvgIpc) is 3.38. The summed E-state index contributed by atoms with van der Waals surface area (Å²) in [5.41, 5.74) is 1.16. The average molecular weight is 403 g/mol. The highest BCUT2D eigenvalue weighted by Gasteiger charge is 2.31. The van der Waals surface area contributed by atoms with E-state index in [0.29, 0.717) is 6.54 Å². The summed E-state index contributed by atoms with van der Waals surface area (Å²) >= 11 is 6.13. The molecule has 2 unspecified atom stereocenters. The Labute approximate surface area is 170 Å². The fraction of sp³-hybridized carbons (Fsp3) is 0.550. The summed E-state index contributed by atoms with van der Waals surface area (Å²) in [5, 5.41) is 13.4. The molecule has 2 fully saturated rings. The molecule has 0 spiro atoms. The molecule has 2 aliphatic heterocycles. The van der Waals surface area contributed by atoms with Gasteiger partial charge in [-0.05, 0) is 41.0 Å². The van der Waals surface area contributed by atoms with E-state index >= 15 is 0 Å². The van der Waals surface area contributed by atoms with E-state index in [1.54, 1.807) is 0 Å². The van der Waals surface area contributed by atoms with E-state index in [1.165, 1.54) is 0 Å². The molecule has 3 heterocycles. The summed E-state index contributed by atoms with van der Waals surface area (Å²) in [7, 11) is 0. The van der Waals surface area contributed by atoms with E-state index in [9.17, 15) is 0 Å². The van der Waals surface area contributed by atoms with Crippen molar-refractivity contribution in [1.29, 1.82) is 0 Å². The van der Waals surface area contributed by atoms with Gasteiger partial charge in [0.05, 0.1) is 18.7 Å². The van der Waals surface area contributed by atoms with Crippen molar-refractivity contribution in [2.75, 3.05) is 39.3 Å². The molecule has 2 atom stereocenters. The summed E-state index contributed by atoms with van der Waals surface area (Å²) in [6.07, 6.45) is 4.32. The molecule has 8 heteroatoms. The molecule has 1 aromatic carbocycles. The van der Waals surface area contributed by atoms with Gasteiger partial charge >= 0.3 is 0 Å². The second-order valence-corrected chi connectivity index (χ2v) is 7.87. The molecule has 0 aliphatic carbocycles. The van der Waals surface area contributed by atoms with E-state index < -0.39 is 0 Å². The summed E-state index contributed by atoms with van der Waals surface area (Å²) in [6.45, 7) is 10.2. The van der Waals surface area contributed by atoms with Crippen LogP contribution in [0.1, 0.15) is 30.3 Å². The van der Waals surface area contributed by atoms with Crippen molar-refractivity contribution in [3.63, 3.8) is 0 Å². The van der Waals surface area contributed by atoms with E-state index in [2.05, 4.69) is 44.0 Å². The van der Waals surface area contributed by atoms with Gasteiger partial charge in [-0.25, -0.2) is 4.68 Å². The number of ether oxygens (including phenoxy) is 1. The van der Waals surface area contributed by atoms with Gasteiger partial charge in [0, 0.05) is 44.4 Å². The first-order valence-electron chi connectivity index (χ1n) is 9.95. The van der Waals surface area contributed by atoms with Gasteiger partial charge < -0.3 is 4.74 Å². The molecular weight excluding hydrogens is 376 g/mol. The molecule has 2 aromatic rings. The number of rotatable bonds is 7. The maximum absolute atomic E-state index is 6.13. The van der Waals surface area contributed by atoms with Crippen molar-refractivity contribution in [2.45, 2.75) is 31.5 Å². The maximum Gasteiger partial charge on any atom is 0.173 e. The van der Waals surface area contributed by atoms with Gasteiger partial charge in [-0.3, -0.25) is 9.80 Å². The molecule has 2 saturated heterocycles. The third-order valence-electron chi connectivity index (χ3n) is 5.55. The van der Waals surface area contributed by atoms with Crippen LogP contribution in [0.25, 0.3) is 0 Å². The SMILES string of the molecule is C=CCN1CCN(C(c2ccc(Cl)cc2)c2nnnn2CC2CCCO2)CC1. The van der Waals surface area contributed by atoms with E-state index in [-0.39, 0.29) is 12.1 Å². The molecule has 28 heavy (non-hydrogen) atoms. The highest BCUT2D eigenvalue weighted by atomic mass is 35.5. The zero-order chi connectivity index (χ0) is 19.3. The topological polar surface area (TPSA) is 59.3 Å². The fourth-order valence-electron chi connectivity index (χ4n) is 4.07. The monoisotopic (exact) mass is 402 g/mol. The van der Waals surface area contributed by atoms with Crippen LogP contribution in [0.3, 0.4) is 0 Å². The number of aromatic nitrogens is 4. The Morgan fingerprint density at radius 2 is 2.00 bits per heavy atom. The van der Waals surface area contributed by atoms with Gasteiger partial charge in [-0.1, -0.05) is 29.8 Å². The lowest BCUT2D eigenvalue weighted by atomic mass is 10.0. The van der Waals surface area contributed by atoms with Crippen molar-refractivity contribution in [2.24, 2.45) is 0 Å². The van der Waals surface area contributed by atoms with E-state index in [4.69, 9.17) is 16.3 Å². The molecule has 1 aromatic heterocycles. The smallest absolute Gasteiger partial charge is 0.173 e. The van der Waals surface area contributed by atoms with Crippen LogP contribution in [-0.2, 0) is 11.3 Å². The van der Waals surface area contributed by atoms with Crippen LogP contribution >= 0.6 is 11.6 Å².